The van der Waals surface area contributed by atoms with Crippen molar-refractivity contribution < 1.29 is 0 Å². The van der Waals surface area contributed by atoms with Gasteiger partial charge in [-0.05, 0) is 59.6 Å². The molecule has 0 amide bonds. The second-order valence-corrected chi connectivity index (χ2v) is 7.46. The molecule has 4 aromatic carbocycles. The van der Waals surface area contributed by atoms with Crippen molar-refractivity contribution in [3.63, 3.8) is 0 Å². The Labute approximate surface area is 168 Å². The Balaban J connectivity index is 1.53. The highest BCUT2D eigenvalue weighted by Gasteiger charge is 2.15. The summed E-state index contributed by atoms with van der Waals surface area (Å²) in [7, 11) is 0. The number of rotatable bonds is 8. The first-order valence-electron chi connectivity index (χ1n) is 10.3. The summed E-state index contributed by atoms with van der Waals surface area (Å²) < 4.78 is 0. The Kier molecular flexibility index (Phi) is 6.19. The average Bonchev–Trinajstić information content (AvgIpc) is 2.77. The zero-order chi connectivity index (χ0) is 19.0. The molecule has 0 saturated carbocycles. The van der Waals surface area contributed by atoms with Gasteiger partial charge in [0.25, 0.3) is 0 Å². The second kappa shape index (κ2) is 9.37. The SMILES string of the molecule is c1ccc(CCC[C](CCc2ccccc2)c2cccc3ccccc23)cc1. The molecule has 0 saturated heterocycles. The van der Waals surface area contributed by atoms with E-state index in [0.29, 0.717) is 0 Å². The zero-order valence-electron chi connectivity index (χ0n) is 16.4. The van der Waals surface area contributed by atoms with Crippen LogP contribution in [-0.4, -0.2) is 0 Å². The lowest BCUT2D eigenvalue weighted by atomic mass is 9.85. The minimum absolute atomic E-state index is 1.10. The fourth-order valence-electron chi connectivity index (χ4n) is 4.02. The van der Waals surface area contributed by atoms with E-state index in [-0.39, 0.29) is 0 Å². The van der Waals surface area contributed by atoms with Crippen LogP contribution in [0.25, 0.3) is 10.8 Å². The molecular formula is C28H27. The standard InChI is InChI=1S/C28H27/c1-3-11-23(12-4-1)15-9-17-26(22-21-24-13-5-2-6-14-24)28-20-10-18-25-16-7-8-19-27(25)28/h1-8,10-14,16,18-20H,9,15,17,21-22H2. The lowest BCUT2D eigenvalue weighted by molar-refractivity contribution is 0.701. The molecule has 0 bridgehead atoms. The highest BCUT2D eigenvalue weighted by Crippen LogP contribution is 2.32. The van der Waals surface area contributed by atoms with E-state index in [9.17, 15) is 0 Å². The van der Waals surface area contributed by atoms with Crippen LogP contribution in [-0.2, 0) is 12.8 Å². The van der Waals surface area contributed by atoms with Crippen LogP contribution in [0, 0.1) is 5.92 Å². The molecule has 0 aromatic heterocycles. The molecule has 0 aliphatic carbocycles. The van der Waals surface area contributed by atoms with Crippen molar-refractivity contribution in [2.45, 2.75) is 32.1 Å². The summed E-state index contributed by atoms with van der Waals surface area (Å²) in [6.07, 6.45) is 5.70. The molecule has 0 heteroatoms. The number of hydrogen-bond acceptors (Lipinski definition) is 0. The van der Waals surface area contributed by atoms with Crippen molar-refractivity contribution >= 4 is 10.8 Å². The molecule has 0 N–H and O–H groups in total. The Morgan fingerprint density at radius 3 is 1.86 bits per heavy atom. The van der Waals surface area contributed by atoms with Gasteiger partial charge in [-0.1, -0.05) is 103 Å². The van der Waals surface area contributed by atoms with Gasteiger partial charge in [-0.25, -0.2) is 0 Å². The van der Waals surface area contributed by atoms with Gasteiger partial charge in [-0.15, -0.1) is 0 Å². The maximum absolute atomic E-state index is 2.31. The highest BCUT2D eigenvalue weighted by molar-refractivity contribution is 5.87. The topological polar surface area (TPSA) is 0 Å². The molecule has 28 heavy (non-hydrogen) atoms. The summed E-state index contributed by atoms with van der Waals surface area (Å²) >= 11 is 0. The normalized spacial score (nSPS) is 11.2. The number of benzene rings is 4. The Bertz CT molecular complexity index is 981. The fourth-order valence-corrected chi connectivity index (χ4v) is 4.02. The summed E-state index contributed by atoms with van der Waals surface area (Å²) in [5, 5.41) is 2.72. The Morgan fingerprint density at radius 2 is 1.11 bits per heavy atom. The van der Waals surface area contributed by atoms with E-state index in [2.05, 4.69) is 103 Å². The third-order valence-corrected chi connectivity index (χ3v) is 5.52. The van der Waals surface area contributed by atoms with Gasteiger partial charge in [-0.2, -0.15) is 0 Å². The predicted molar refractivity (Wildman–Crippen MR) is 120 cm³/mol. The minimum Gasteiger partial charge on any atom is -0.0622 e. The van der Waals surface area contributed by atoms with E-state index in [0.717, 1.165) is 25.7 Å². The fraction of sp³-hybridized carbons (Fsp3) is 0.179. The quantitative estimate of drug-likeness (QED) is 0.305. The predicted octanol–water partition coefficient (Wildman–Crippen LogP) is 7.42. The summed E-state index contributed by atoms with van der Waals surface area (Å²) in [5.74, 6) is 1.58. The maximum atomic E-state index is 2.31. The number of hydrogen-bond donors (Lipinski definition) is 0. The van der Waals surface area contributed by atoms with Gasteiger partial charge in [0.2, 0.25) is 0 Å². The molecule has 139 valence electrons. The van der Waals surface area contributed by atoms with Crippen LogP contribution in [0.3, 0.4) is 0 Å². The third kappa shape index (κ3) is 4.70. The Morgan fingerprint density at radius 1 is 0.500 bits per heavy atom. The van der Waals surface area contributed by atoms with Crippen LogP contribution in [0.2, 0.25) is 0 Å². The van der Waals surface area contributed by atoms with Crippen molar-refractivity contribution in [1.29, 1.82) is 0 Å². The zero-order valence-corrected chi connectivity index (χ0v) is 16.4. The van der Waals surface area contributed by atoms with E-state index < -0.39 is 0 Å². The first-order valence-corrected chi connectivity index (χ1v) is 10.3. The van der Waals surface area contributed by atoms with Crippen LogP contribution in [0.4, 0.5) is 0 Å². The highest BCUT2D eigenvalue weighted by atomic mass is 14.2. The van der Waals surface area contributed by atoms with Crippen LogP contribution < -0.4 is 0 Å². The minimum atomic E-state index is 1.10. The van der Waals surface area contributed by atoms with E-state index in [1.807, 2.05) is 0 Å². The number of aryl methyl sites for hydroxylation is 2. The Hall–Kier alpha value is -2.86. The molecule has 0 aliphatic rings. The molecule has 0 fully saturated rings. The molecule has 0 spiro atoms. The smallest absolute Gasteiger partial charge is 0.00595 e. The largest absolute Gasteiger partial charge is 0.0622 e. The van der Waals surface area contributed by atoms with Gasteiger partial charge < -0.3 is 0 Å². The van der Waals surface area contributed by atoms with Gasteiger partial charge >= 0.3 is 0 Å². The first kappa shape index (κ1) is 18.5. The lowest BCUT2D eigenvalue weighted by Crippen LogP contribution is -2.04. The molecule has 0 atom stereocenters. The van der Waals surface area contributed by atoms with Crippen LogP contribution in [0.5, 0.6) is 0 Å². The molecular weight excluding hydrogens is 336 g/mol. The van der Waals surface area contributed by atoms with Crippen molar-refractivity contribution in [2.24, 2.45) is 0 Å². The van der Waals surface area contributed by atoms with Gasteiger partial charge in [0, 0.05) is 5.92 Å². The van der Waals surface area contributed by atoms with Gasteiger partial charge in [0.05, 0.1) is 0 Å². The molecule has 1 radical (unpaired) electrons. The molecule has 0 aliphatic heterocycles. The number of fused-ring (bicyclic) bond motifs is 1. The van der Waals surface area contributed by atoms with Crippen LogP contribution in [0.15, 0.2) is 103 Å². The summed E-state index contributed by atoms with van der Waals surface area (Å²) in [6.45, 7) is 0. The molecule has 0 unspecified atom stereocenters. The van der Waals surface area contributed by atoms with Crippen molar-refractivity contribution in [3.05, 3.63) is 126 Å². The summed E-state index contributed by atoms with van der Waals surface area (Å²) in [4.78, 5) is 0. The second-order valence-electron chi connectivity index (χ2n) is 7.46. The van der Waals surface area contributed by atoms with Gasteiger partial charge in [0.15, 0.2) is 0 Å². The van der Waals surface area contributed by atoms with E-state index in [1.54, 1.807) is 5.92 Å². The van der Waals surface area contributed by atoms with Crippen LogP contribution >= 0.6 is 0 Å². The molecule has 4 rings (SSSR count). The van der Waals surface area contributed by atoms with E-state index >= 15 is 0 Å². The molecule has 0 heterocycles. The third-order valence-electron chi connectivity index (χ3n) is 5.52. The summed E-state index contributed by atoms with van der Waals surface area (Å²) in [6, 6.07) is 37.2. The average molecular weight is 364 g/mol. The summed E-state index contributed by atoms with van der Waals surface area (Å²) in [5.41, 5.74) is 4.29. The van der Waals surface area contributed by atoms with Crippen molar-refractivity contribution in [2.75, 3.05) is 0 Å². The van der Waals surface area contributed by atoms with Gasteiger partial charge in [0.1, 0.15) is 0 Å². The molecule has 0 nitrogen and oxygen atoms in total. The van der Waals surface area contributed by atoms with E-state index in [4.69, 9.17) is 0 Å². The van der Waals surface area contributed by atoms with Gasteiger partial charge in [-0.3, -0.25) is 0 Å². The van der Waals surface area contributed by atoms with Crippen molar-refractivity contribution in [3.8, 4) is 0 Å². The molecule has 4 aromatic rings. The maximum Gasteiger partial charge on any atom is 0.00595 e. The lowest BCUT2D eigenvalue weighted by Gasteiger charge is -2.19. The van der Waals surface area contributed by atoms with Crippen LogP contribution in [0.1, 0.15) is 36.0 Å². The van der Waals surface area contributed by atoms with Crippen molar-refractivity contribution in [1.82, 2.24) is 0 Å². The van der Waals surface area contributed by atoms with E-state index in [1.165, 1.54) is 33.9 Å². The first-order chi connectivity index (χ1) is 13.9. The monoisotopic (exact) mass is 363 g/mol.